The Kier molecular flexibility index (Phi) is 13.8. The molecular weight excluding hydrogens is 220 g/mol. The molecule has 0 aliphatic carbocycles. The molecule has 0 unspecified atom stereocenters. The third-order valence-electron chi connectivity index (χ3n) is 2.44. The van der Waals surface area contributed by atoms with E-state index in [0.717, 1.165) is 33.4 Å². The quantitative estimate of drug-likeness (QED) is 0.339. The second-order valence-corrected chi connectivity index (χ2v) is 4.08. The van der Waals surface area contributed by atoms with Gasteiger partial charge in [-0.1, -0.05) is 0 Å². The van der Waals surface area contributed by atoms with Crippen molar-refractivity contribution >= 4 is 0 Å². The Morgan fingerprint density at radius 1 is 0.400 bits per heavy atom. The van der Waals surface area contributed by atoms with E-state index < -0.39 is 0 Å². The second kappa shape index (κ2) is 11.0. The van der Waals surface area contributed by atoms with Gasteiger partial charge in [-0.2, -0.15) is 97.5 Å². The molecule has 0 aromatic heterocycles. The van der Waals surface area contributed by atoms with Gasteiger partial charge in [-0.05, 0) is 0 Å². The van der Waals surface area contributed by atoms with Crippen molar-refractivity contribution < 1.29 is 75.4 Å². The first-order valence-corrected chi connectivity index (χ1v) is 5.13. The fourth-order valence-electron chi connectivity index (χ4n) is 1.86. The van der Waals surface area contributed by atoms with Crippen LogP contribution in [0.1, 0.15) is 22.3 Å². The maximum atomic E-state index is 3.94. The molecule has 0 radical (unpaired) electrons. The van der Waals surface area contributed by atoms with Gasteiger partial charge in [0, 0.05) is 0 Å². The molecule has 0 saturated carbocycles. The zero-order chi connectivity index (χ0) is 11.7. The van der Waals surface area contributed by atoms with Gasteiger partial charge in [0.05, 0.1) is 0 Å². The average Bonchev–Trinajstić information content (AvgIpc) is 2.14. The second-order valence-electron chi connectivity index (χ2n) is 4.08. The molecule has 20 heavy (non-hydrogen) atoms. The van der Waals surface area contributed by atoms with Crippen molar-refractivity contribution in [3.8, 4) is 11.1 Å². The van der Waals surface area contributed by atoms with Crippen molar-refractivity contribution in [2.45, 2.75) is 0 Å². The van der Waals surface area contributed by atoms with Crippen LogP contribution in [0.3, 0.4) is 0 Å². The fourth-order valence-corrected chi connectivity index (χ4v) is 1.86. The third kappa shape index (κ3) is 6.85. The standard InChI is InChI=1S/C16H14.4Li/c1-11-5-12(2)8-15(7-11)16-9-13(3)6-14(4)10-16;;;;/h5-10H,1-4H2;;;;/q-4;4*+1. The van der Waals surface area contributed by atoms with Crippen LogP contribution in [0, 0.1) is 27.7 Å². The van der Waals surface area contributed by atoms with E-state index in [-0.39, 0.29) is 75.4 Å². The molecular formula is C16H14Li4. The monoisotopic (exact) mass is 234 g/mol. The normalized spacial score (nSPS) is 8.20. The van der Waals surface area contributed by atoms with Crippen LogP contribution in [0.25, 0.3) is 11.1 Å². The van der Waals surface area contributed by atoms with Crippen molar-refractivity contribution in [1.82, 2.24) is 0 Å². The fraction of sp³-hybridized carbons (Fsp3) is 0. The topological polar surface area (TPSA) is 0 Å². The molecule has 0 nitrogen and oxygen atoms in total. The summed E-state index contributed by atoms with van der Waals surface area (Å²) < 4.78 is 0. The molecule has 0 atom stereocenters. The van der Waals surface area contributed by atoms with Gasteiger partial charge in [0.25, 0.3) is 0 Å². The molecule has 0 N–H and O–H groups in total. The minimum atomic E-state index is 0. The SMILES string of the molecule is [CH2-]c1cc([CH2-])cc(-c2cc([CH2-])cc([CH2-])c2)c1.[Li+].[Li+].[Li+].[Li+]. The molecule has 2 rings (SSSR count). The number of rotatable bonds is 1. The molecule has 2 aromatic carbocycles. The van der Waals surface area contributed by atoms with Crippen LogP contribution >= 0.6 is 0 Å². The van der Waals surface area contributed by atoms with E-state index in [0.29, 0.717) is 0 Å². The van der Waals surface area contributed by atoms with Crippen molar-refractivity contribution in [3.05, 3.63) is 86.3 Å². The Balaban J connectivity index is -0.000000722. The molecule has 0 heterocycles. The molecule has 0 amide bonds. The number of hydrogen-bond acceptors (Lipinski definition) is 0. The molecule has 4 heteroatoms. The van der Waals surface area contributed by atoms with Gasteiger partial charge in [-0.15, -0.1) is 0 Å². The third-order valence-corrected chi connectivity index (χ3v) is 2.44. The predicted octanol–water partition coefficient (Wildman–Crippen LogP) is -7.90. The van der Waals surface area contributed by atoms with Crippen molar-refractivity contribution in [2.24, 2.45) is 0 Å². The average molecular weight is 234 g/mol. The Morgan fingerprint density at radius 3 is 0.800 bits per heavy atom. The first-order valence-electron chi connectivity index (χ1n) is 5.13. The van der Waals surface area contributed by atoms with E-state index in [1.165, 1.54) is 0 Å². The molecule has 0 saturated heterocycles. The molecule has 0 fully saturated rings. The minimum Gasteiger partial charge on any atom is -0.199 e. The van der Waals surface area contributed by atoms with Crippen LogP contribution in [0.2, 0.25) is 0 Å². The summed E-state index contributed by atoms with van der Waals surface area (Å²) in [5.74, 6) is 0. The van der Waals surface area contributed by atoms with Gasteiger partial charge >= 0.3 is 75.4 Å². The predicted molar refractivity (Wildman–Crippen MR) is 69.7 cm³/mol. The number of benzene rings is 2. The summed E-state index contributed by atoms with van der Waals surface area (Å²) in [5, 5.41) is 0. The van der Waals surface area contributed by atoms with E-state index >= 15 is 0 Å². The van der Waals surface area contributed by atoms with Gasteiger partial charge in [-0.3, -0.25) is 0 Å². The molecule has 82 valence electrons. The van der Waals surface area contributed by atoms with Gasteiger partial charge in [0.2, 0.25) is 0 Å². The summed E-state index contributed by atoms with van der Waals surface area (Å²) in [4.78, 5) is 0. The first kappa shape index (κ1) is 25.3. The van der Waals surface area contributed by atoms with E-state index in [2.05, 4.69) is 27.7 Å². The zero-order valence-electron chi connectivity index (χ0n) is 13.3. The summed E-state index contributed by atoms with van der Waals surface area (Å²) in [7, 11) is 0. The summed E-state index contributed by atoms with van der Waals surface area (Å²) in [6.45, 7) is 15.8. The molecule has 2 aromatic rings. The van der Waals surface area contributed by atoms with Crippen molar-refractivity contribution in [3.63, 3.8) is 0 Å². The summed E-state index contributed by atoms with van der Waals surface area (Å²) in [6.07, 6.45) is 0. The van der Waals surface area contributed by atoms with Gasteiger partial charge < -0.3 is 0 Å². The Bertz CT molecular complexity index is 446. The first-order chi connectivity index (χ1) is 7.54. The number of hydrogen-bond donors (Lipinski definition) is 0. The van der Waals surface area contributed by atoms with Crippen LogP contribution in [-0.4, -0.2) is 0 Å². The van der Waals surface area contributed by atoms with Crippen LogP contribution in [0.5, 0.6) is 0 Å². The van der Waals surface area contributed by atoms with Gasteiger partial charge in [0.15, 0.2) is 0 Å². The van der Waals surface area contributed by atoms with Crippen LogP contribution in [0.4, 0.5) is 0 Å². The smallest absolute Gasteiger partial charge is 0.199 e. The van der Waals surface area contributed by atoms with Gasteiger partial charge in [-0.25, -0.2) is 0 Å². The Labute approximate surface area is 171 Å². The zero-order valence-corrected chi connectivity index (χ0v) is 13.3. The minimum absolute atomic E-state index is 0. The van der Waals surface area contributed by atoms with E-state index in [1.807, 2.05) is 36.4 Å². The van der Waals surface area contributed by atoms with Crippen molar-refractivity contribution in [2.75, 3.05) is 0 Å². The van der Waals surface area contributed by atoms with Crippen LogP contribution < -0.4 is 75.4 Å². The molecule has 0 spiro atoms. The van der Waals surface area contributed by atoms with Crippen molar-refractivity contribution in [1.29, 1.82) is 0 Å². The summed E-state index contributed by atoms with van der Waals surface area (Å²) in [5.41, 5.74) is 6.14. The Morgan fingerprint density at radius 2 is 0.600 bits per heavy atom. The largest absolute Gasteiger partial charge is 1.00 e. The van der Waals surface area contributed by atoms with E-state index in [9.17, 15) is 0 Å². The summed E-state index contributed by atoms with van der Waals surface area (Å²) >= 11 is 0. The van der Waals surface area contributed by atoms with Crippen LogP contribution in [-0.2, 0) is 0 Å². The maximum Gasteiger partial charge on any atom is 1.00 e. The van der Waals surface area contributed by atoms with E-state index in [4.69, 9.17) is 0 Å². The molecule has 0 bridgehead atoms. The molecule has 0 aliphatic heterocycles. The van der Waals surface area contributed by atoms with Gasteiger partial charge in [0.1, 0.15) is 0 Å². The maximum absolute atomic E-state index is 3.94. The Hall–Kier alpha value is 0.310. The molecule has 0 aliphatic rings. The van der Waals surface area contributed by atoms with Crippen LogP contribution in [0.15, 0.2) is 36.4 Å². The van der Waals surface area contributed by atoms with E-state index in [1.54, 1.807) is 0 Å². The summed E-state index contributed by atoms with van der Waals surface area (Å²) in [6, 6.07) is 12.1.